The molecule has 0 atom stereocenters. The minimum absolute atomic E-state index is 0.0760. The molecule has 0 saturated heterocycles. The Hall–Kier alpha value is -3.42. The van der Waals surface area contributed by atoms with Crippen LogP contribution < -0.4 is 5.32 Å². The monoisotopic (exact) mass is 313 g/mol. The van der Waals surface area contributed by atoms with Gasteiger partial charge in [0, 0.05) is 11.1 Å². The fourth-order valence-corrected chi connectivity index (χ4v) is 2.20. The molecule has 3 aromatic rings. The Bertz CT molecular complexity index is 903. The number of hydrogen-bond donors (Lipinski definition) is 3. The number of H-pyrrole nitrogens is 1. The molecule has 0 fully saturated rings. The zero-order valence-corrected chi connectivity index (χ0v) is 11.6. The van der Waals surface area contributed by atoms with Gasteiger partial charge in [0.1, 0.15) is 5.82 Å². The third kappa shape index (κ3) is 2.95. The molecule has 0 aliphatic heterocycles. The molecule has 23 heavy (non-hydrogen) atoms. The van der Waals surface area contributed by atoms with E-state index in [4.69, 9.17) is 5.11 Å². The molecule has 7 nitrogen and oxygen atoms in total. The summed E-state index contributed by atoms with van der Waals surface area (Å²) in [5.74, 6) is -0.334. The summed E-state index contributed by atoms with van der Waals surface area (Å²) in [6.45, 7) is 0. The summed E-state index contributed by atoms with van der Waals surface area (Å²) in [7, 11) is 0. The summed E-state index contributed by atoms with van der Waals surface area (Å²) in [6, 6.07) is 10.3. The number of anilines is 1. The molecule has 1 heterocycles. The summed E-state index contributed by atoms with van der Waals surface area (Å²) in [6.07, 6.45) is -1.24. The standard InChI is InChI=1S/C15H11FN4O3/c16-10-4-1-8(2-5-10)13(20-23)9-3-6-11-12(7-9)18-14(17-11)19-15(21)22/h1-7,23H,(H,21,22)(H2,17,18,19)/p-1/b20-13-. The fourth-order valence-electron chi connectivity index (χ4n) is 2.20. The van der Waals surface area contributed by atoms with Crippen LogP contribution in [0.2, 0.25) is 0 Å². The van der Waals surface area contributed by atoms with Gasteiger partial charge in [-0.05, 0) is 36.4 Å². The van der Waals surface area contributed by atoms with Gasteiger partial charge in [-0.25, -0.2) is 14.2 Å². The van der Waals surface area contributed by atoms with Crippen molar-refractivity contribution in [2.45, 2.75) is 0 Å². The molecule has 2 aromatic carbocycles. The molecule has 3 N–H and O–H groups in total. The topological polar surface area (TPSA) is 113 Å². The zero-order valence-electron chi connectivity index (χ0n) is 11.6. The highest BCUT2D eigenvalue weighted by Crippen LogP contribution is 2.19. The van der Waals surface area contributed by atoms with E-state index in [1.54, 1.807) is 18.2 Å². The molecule has 0 saturated carbocycles. The quantitative estimate of drug-likeness (QED) is 0.509. The van der Waals surface area contributed by atoms with Crippen LogP contribution in [0.25, 0.3) is 11.0 Å². The fraction of sp³-hybridized carbons (Fsp3) is 0. The largest absolute Gasteiger partial charge is 0.791 e. The van der Waals surface area contributed by atoms with Crippen molar-refractivity contribution in [3.05, 3.63) is 64.6 Å². The SMILES string of the molecule is O=C(O)Nc1nc2ccc(/C(=N\[O-])c3ccc(F)cc3)cc2[nH]1. The molecular weight excluding hydrogens is 303 g/mol. The van der Waals surface area contributed by atoms with E-state index in [0.29, 0.717) is 22.2 Å². The van der Waals surface area contributed by atoms with Crippen molar-refractivity contribution in [2.24, 2.45) is 5.16 Å². The molecule has 0 aliphatic rings. The lowest BCUT2D eigenvalue weighted by atomic mass is 10.0. The predicted octanol–water partition coefficient (Wildman–Crippen LogP) is 3.13. The van der Waals surface area contributed by atoms with Crippen LogP contribution >= 0.6 is 0 Å². The maximum absolute atomic E-state index is 13.0. The Kier molecular flexibility index (Phi) is 3.63. The van der Waals surface area contributed by atoms with Gasteiger partial charge in [0.2, 0.25) is 5.95 Å². The lowest BCUT2D eigenvalue weighted by molar-refractivity contribution is 0.209. The van der Waals surface area contributed by atoms with Crippen LogP contribution in [0.15, 0.2) is 47.6 Å². The van der Waals surface area contributed by atoms with Crippen molar-refractivity contribution in [3.8, 4) is 0 Å². The number of carboxylic acid groups (broad SMARTS) is 1. The van der Waals surface area contributed by atoms with Crippen LogP contribution in [0.4, 0.5) is 15.1 Å². The van der Waals surface area contributed by atoms with E-state index in [2.05, 4.69) is 20.4 Å². The minimum atomic E-state index is -1.24. The number of rotatable bonds is 3. The number of halogens is 1. The number of carbonyl (C=O) groups is 1. The van der Waals surface area contributed by atoms with Crippen LogP contribution in [-0.4, -0.2) is 26.9 Å². The van der Waals surface area contributed by atoms with Gasteiger partial charge in [0.05, 0.1) is 16.7 Å². The van der Waals surface area contributed by atoms with Gasteiger partial charge in [-0.15, -0.1) is 0 Å². The van der Waals surface area contributed by atoms with E-state index >= 15 is 0 Å². The van der Waals surface area contributed by atoms with Crippen molar-refractivity contribution >= 4 is 28.8 Å². The van der Waals surface area contributed by atoms with E-state index in [0.717, 1.165) is 0 Å². The van der Waals surface area contributed by atoms with Crippen molar-refractivity contribution in [2.75, 3.05) is 5.32 Å². The molecule has 0 radical (unpaired) electrons. The molecule has 3 rings (SSSR count). The number of amides is 1. The van der Waals surface area contributed by atoms with Gasteiger partial charge in [0.15, 0.2) is 0 Å². The second kappa shape index (κ2) is 5.76. The highest BCUT2D eigenvalue weighted by Gasteiger charge is 2.10. The van der Waals surface area contributed by atoms with Crippen LogP contribution in [0, 0.1) is 11.0 Å². The predicted molar refractivity (Wildman–Crippen MR) is 83.1 cm³/mol. The lowest BCUT2D eigenvalue weighted by Crippen LogP contribution is -2.08. The minimum Gasteiger partial charge on any atom is -0.791 e. The molecule has 0 spiro atoms. The Morgan fingerprint density at radius 1 is 1.22 bits per heavy atom. The number of nitrogens with one attached hydrogen (secondary N) is 2. The molecule has 1 aromatic heterocycles. The molecule has 0 aliphatic carbocycles. The third-order valence-corrected chi connectivity index (χ3v) is 3.19. The number of hydrogen-bond acceptors (Lipinski definition) is 4. The second-order valence-corrected chi connectivity index (χ2v) is 4.69. The number of aromatic amines is 1. The Morgan fingerprint density at radius 2 is 1.91 bits per heavy atom. The van der Waals surface area contributed by atoms with Crippen molar-refractivity contribution in [1.29, 1.82) is 0 Å². The number of fused-ring (bicyclic) bond motifs is 1. The smallest absolute Gasteiger partial charge is 0.411 e. The summed E-state index contributed by atoms with van der Waals surface area (Å²) >= 11 is 0. The highest BCUT2D eigenvalue weighted by atomic mass is 19.1. The summed E-state index contributed by atoms with van der Waals surface area (Å²) in [5.41, 5.74) is 2.19. The van der Waals surface area contributed by atoms with E-state index in [9.17, 15) is 14.4 Å². The van der Waals surface area contributed by atoms with Crippen LogP contribution in [-0.2, 0) is 0 Å². The lowest BCUT2D eigenvalue weighted by Gasteiger charge is -2.09. The molecule has 1 amide bonds. The zero-order chi connectivity index (χ0) is 16.4. The van der Waals surface area contributed by atoms with E-state index in [1.807, 2.05) is 0 Å². The van der Waals surface area contributed by atoms with Gasteiger partial charge in [-0.2, -0.15) is 0 Å². The first-order chi connectivity index (χ1) is 11.1. The Morgan fingerprint density at radius 3 is 2.57 bits per heavy atom. The van der Waals surface area contributed by atoms with Crippen LogP contribution in [0.5, 0.6) is 0 Å². The second-order valence-electron chi connectivity index (χ2n) is 4.69. The summed E-state index contributed by atoms with van der Waals surface area (Å²) in [4.78, 5) is 17.5. The Balaban J connectivity index is 2.01. The van der Waals surface area contributed by atoms with Crippen LogP contribution in [0.3, 0.4) is 0 Å². The summed E-state index contributed by atoms with van der Waals surface area (Å²) < 4.78 is 13.0. The van der Waals surface area contributed by atoms with Gasteiger partial charge < -0.3 is 20.5 Å². The number of benzene rings is 2. The average molecular weight is 313 g/mol. The van der Waals surface area contributed by atoms with Gasteiger partial charge in [0.25, 0.3) is 0 Å². The molecular formula is C15H10FN4O3-. The maximum atomic E-state index is 13.0. The first kappa shape index (κ1) is 14.5. The van der Waals surface area contributed by atoms with E-state index < -0.39 is 11.9 Å². The molecule has 8 heteroatoms. The Labute approximate surface area is 129 Å². The normalized spacial score (nSPS) is 11.6. The molecule has 0 unspecified atom stereocenters. The van der Waals surface area contributed by atoms with Crippen LogP contribution in [0.1, 0.15) is 11.1 Å². The number of imidazole rings is 1. The van der Waals surface area contributed by atoms with Gasteiger partial charge >= 0.3 is 6.09 Å². The third-order valence-electron chi connectivity index (χ3n) is 3.19. The van der Waals surface area contributed by atoms with Crippen molar-refractivity contribution in [3.63, 3.8) is 0 Å². The molecule has 116 valence electrons. The van der Waals surface area contributed by atoms with E-state index in [1.165, 1.54) is 24.3 Å². The molecule has 0 bridgehead atoms. The number of aromatic nitrogens is 2. The van der Waals surface area contributed by atoms with Crippen molar-refractivity contribution < 1.29 is 14.3 Å². The van der Waals surface area contributed by atoms with Gasteiger partial charge in [-0.3, -0.25) is 5.32 Å². The van der Waals surface area contributed by atoms with E-state index in [-0.39, 0.29) is 11.7 Å². The number of nitrogens with zero attached hydrogens (tertiary/aromatic N) is 2. The van der Waals surface area contributed by atoms with Crippen molar-refractivity contribution in [1.82, 2.24) is 9.97 Å². The highest BCUT2D eigenvalue weighted by molar-refractivity contribution is 6.14. The first-order valence-electron chi connectivity index (χ1n) is 6.53. The maximum Gasteiger partial charge on any atom is 0.411 e. The average Bonchev–Trinajstić information content (AvgIpc) is 2.90. The first-order valence-corrected chi connectivity index (χ1v) is 6.53. The van der Waals surface area contributed by atoms with Gasteiger partial charge in [-0.1, -0.05) is 6.07 Å². The summed E-state index contributed by atoms with van der Waals surface area (Å²) in [5, 5.41) is 25.0.